The van der Waals surface area contributed by atoms with Gasteiger partial charge in [0.1, 0.15) is 24.1 Å². The van der Waals surface area contributed by atoms with Crippen LogP contribution in [0.25, 0.3) is 0 Å². The topological polar surface area (TPSA) is 105 Å². The lowest BCUT2D eigenvalue weighted by Crippen LogP contribution is -2.52. The molecule has 0 unspecified atom stereocenters. The Hall–Kier alpha value is -2.98. The van der Waals surface area contributed by atoms with Gasteiger partial charge in [-0.3, -0.25) is 13.9 Å². The second-order valence-corrected chi connectivity index (χ2v) is 11.3. The van der Waals surface area contributed by atoms with Gasteiger partial charge in [0.25, 0.3) is 0 Å². The smallest absolute Gasteiger partial charge is 0.244 e. The van der Waals surface area contributed by atoms with Crippen LogP contribution in [-0.2, 0) is 26.2 Å². The molecule has 11 heteroatoms. The highest BCUT2D eigenvalue weighted by molar-refractivity contribution is 7.92. The standard InChI is InChI=1S/C26H36ClN3O6S/c1-7-22(26(32)28-15-18(2)3)29(16-19-10-8-9-11-21(19)27)25(31)17-30(37(6,33)34)23-13-12-20(35-4)14-24(23)36-5/h8-14,18,22H,7,15-17H2,1-6H3,(H,28,32)/t22-/m0/s1. The lowest BCUT2D eigenvalue weighted by atomic mass is 10.1. The number of anilines is 1. The minimum atomic E-state index is -3.92. The fourth-order valence-corrected chi connectivity index (χ4v) is 4.79. The third-order valence-corrected chi connectivity index (χ3v) is 7.20. The van der Waals surface area contributed by atoms with Crippen molar-refractivity contribution in [2.75, 3.05) is 37.9 Å². The fourth-order valence-electron chi connectivity index (χ4n) is 3.74. The molecule has 1 atom stereocenters. The van der Waals surface area contributed by atoms with Crippen molar-refractivity contribution in [3.05, 3.63) is 53.1 Å². The molecule has 0 saturated carbocycles. The van der Waals surface area contributed by atoms with Gasteiger partial charge >= 0.3 is 0 Å². The summed E-state index contributed by atoms with van der Waals surface area (Å²) in [5.74, 6) is 0.0299. The zero-order valence-electron chi connectivity index (χ0n) is 22.2. The zero-order valence-corrected chi connectivity index (χ0v) is 23.7. The van der Waals surface area contributed by atoms with Gasteiger partial charge in [-0.25, -0.2) is 8.42 Å². The summed E-state index contributed by atoms with van der Waals surface area (Å²) in [5, 5.41) is 3.32. The van der Waals surface area contributed by atoms with E-state index in [0.717, 1.165) is 10.6 Å². The van der Waals surface area contributed by atoms with Gasteiger partial charge in [-0.05, 0) is 36.1 Å². The molecule has 204 valence electrons. The predicted octanol–water partition coefficient (Wildman–Crippen LogP) is 3.70. The number of amides is 2. The van der Waals surface area contributed by atoms with Crippen LogP contribution >= 0.6 is 11.6 Å². The van der Waals surface area contributed by atoms with Crippen LogP contribution in [0.4, 0.5) is 5.69 Å². The molecule has 0 bridgehead atoms. The van der Waals surface area contributed by atoms with Gasteiger partial charge in [0.2, 0.25) is 21.8 Å². The summed E-state index contributed by atoms with van der Waals surface area (Å²) >= 11 is 6.37. The maximum atomic E-state index is 13.8. The van der Waals surface area contributed by atoms with Gasteiger partial charge in [0.15, 0.2) is 0 Å². The maximum Gasteiger partial charge on any atom is 0.244 e. The Morgan fingerprint density at radius 3 is 2.30 bits per heavy atom. The van der Waals surface area contributed by atoms with E-state index in [9.17, 15) is 18.0 Å². The van der Waals surface area contributed by atoms with E-state index >= 15 is 0 Å². The van der Waals surface area contributed by atoms with Crippen molar-refractivity contribution >= 4 is 39.1 Å². The number of halogens is 1. The molecule has 0 aliphatic rings. The van der Waals surface area contributed by atoms with E-state index < -0.39 is 28.5 Å². The van der Waals surface area contributed by atoms with Gasteiger partial charge < -0.3 is 19.7 Å². The number of rotatable bonds is 13. The number of nitrogens with zero attached hydrogens (tertiary/aromatic N) is 2. The minimum Gasteiger partial charge on any atom is -0.497 e. The Morgan fingerprint density at radius 1 is 1.08 bits per heavy atom. The highest BCUT2D eigenvalue weighted by atomic mass is 35.5. The molecule has 0 spiro atoms. The van der Waals surface area contributed by atoms with Crippen molar-refractivity contribution in [2.45, 2.75) is 39.8 Å². The summed E-state index contributed by atoms with van der Waals surface area (Å²) in [5.41, 5.74) is 0.815. The summed E-state index contributed by atoms with van der Waals surface area (Å²) in [6.07, 6.45) is 1.33. The summed E-state index contributed by atoms with van der Waals surface area (Å²) in [4.78, 5) is 28.3. The maximum absolute atomic E-state index is 13.8. The van der Waals surface area contributed by atoms with E-state index in [-0.39, 0.29) is 29.8 Å². The van der Waals surface area contributed by atoms with E-state index in [4.69, 9.17) is 21.1 Å². The van der Waals surface area contributed by atoms with Crippen molar-refractivity contribution < 1.29 is 27.5 Å². The number of hydrogen-bond donors (Lipinski definition) is 1. The molecule has 2 aromatic rings. The quantitative estimate of drug-likeness (QED) is 0.405. The van der Waals surface area contributed by atoms with E-state index in [1.807, 2.05) is 13.8 Å². The van der Waals surface area contributed by atoms with Crippen LogP contribution in [0.5, 0.6) is 11.5 Å². The molecular weight excluding hydrogens is 518 g/mol. The highest BCUT2D eigenvalue weighted by Crippen LogP contribution is 2.34. The van der Waals surface area contributed by atoms with Crippen molar-refractivity contribution in [3.63, 3.8) is 0 Å². The zero-order chi connectivity index (χ0) is 27.8. The molecule has 0 radical (unpaired) electrons. The monoisotopic (exact) mass is 553 g/mol. The summed E-state index contributed by atoms with van der Waals surface area (Å²) in [7, 11) is -1.04. The van der Waals surface area contributed by atoms with Gasteiger partial charge in [0.05, 0.1) is 26.2 Å². The number of nitrogens with one attached hydrogen (secondary N) is 1. The first kappa shape index (κ1) is 30.2. The number of hydrogen-bond acceptors (Lipinski definition) is 6. The molecule has 0 aromatic heterocycles. The first-order valence-electron chi connectivity index (χ1n) is 11.9. The van der Waals surface area contributed by atoms with Crippen molar-refractivity contribution in [1.29, 1.82) is 0 Å². The Kier molecular flexibility index (Phi) is 11.1. The van der Waals surface area contributed by atoms with Crippen LogP contribution in [0.3, 0.4) is 0 Å². The summed E-state index contributed by atoms with van der Waals surface area (Å²) in [6.45, 7) is 5.68. The second-order valence-electron chi connectivity index (χ2n) is 8.98. The molecule has 0 aliphatic carbocycles. The molecule has 1 N–H and O–H groups in total. The number of ether oxygens (including phenoxy) is 2. The van der Waals surface area contributed by atoms with Crippen LogP contribution in [0.2, 0.25) is 5.02 Å². The largest absolute Gasteiger partial charge is 0.497 e. The first-order valence-corrected chi connectivity index (χ1v) is 14.2. The third kappa shape index (κ3) is 8.26. The number of carbonyl (C=O) groups is 2. The van der Waals surface area contributed by atoms with Crippen LogP contribution < -0.4 is 19.1 Å². The molecule has 0 aliphatic heterocycles. The summed E-state index contributed by atoms with van der Waals surface area (Å²) in [6, 6.07) is 10.8. The second kappa shape index (κ2) is 13.5. The molecule has 37 heavy (non-hydrogen) atoms. The van der Waals surface area contributed by atoms with Crippen LogP contribution in [-0.4, -0.2) is 64.7 Å². The van der Waals surface area contributed by atoms with Gasteiger partial charge in [-0.15, -0.1) is 0 Å². The average Bonchev–Trinajstić information content (AvgIpc) is 2.85. The Balaban J connectivity index is 2.50. The molecule has 2 aromatic carbocycles. The SMILES string of the molecule is CC[C@@H](C(=O)NCC(C)C)N(Cc1ccccc1Cl)C(=O)CN(c1ccc(OC)cc1OC)S(C)(=O)=O. The molecule has 9 nitrogen and oxygen atoms in total. The molecule has 0 fully saturated rings. The lowest BCUT2D eigenvalue weighted by molar-refractivity contribution is -0.140. The normalized spacial score (nSPS) is 12.1. The van der Waals surface area contributed by atoms with Crippen LogP contribution in [0.1, 0.15) is 32.8 Å². The number of carbonyl (C=O) groups excluding carboxylic acids is 2. The van der Waals surface area contributed by atoms with Crippen LogP contribution in [0.15, 0.2) is 42.5 Å². The van der Waals surface area contributed by atoms with E-state index in [1.54, 1.807) is 37.3 Å². The number of methoxy groups -OCH3 is 2. The van der Waals surface area contributed by atoms with Crippen LogP contribution in [0, 0.1) is 5.92 Å². The molecular formula is C26H36ClN3O6S. The van der Waals surface area contributed by atoms with Gasteiger partial charge in [-0.2, -0.15) is 0 Å². The van der Waals surface area contributed by atoms with E-state index in [2.05, 4.69) is 5.32 Å². The number of sulfonamides is 1. The van der Waals surface area contributed by atoms with Crippen molar-refractivity contribution in [1.82, 2.24) is 10.2 Å². The number of benzene rings is 2. The third-order valence-electron chi connectivity index (χ3n) is 5.70. The van der Waals surface area contributed by atoms with Crippen molar-refractivity contribution in [2.24, 2.45) is 5.92 Å². The van der Waals surface area contributed by atoms with E-state index in [0.29, 0.717) is 29.3 Å². The minimum absolute atomic E-state index is 0.0312. The Bertz CT molecular complexity index is 1190. The lowest BCUT2D eigenvalue weighted by Gasteiger charge is -2.33. The molecule has 2 rings (SSSR count). The van der Waals surface area contributed by atoms with Gasteiger partial charge in [0, 0.05) is 24.2 Å². The Morgan fingerprint density at radius 2 is 1.76 bits per heavy atom. The Labute approximate surface area is 224 Å². The van der Waals surface area contributed by atoms with E-state index in [1.165, 1.54) is 31.3 Å². The first-order chi connectivity index (χ1) is 17.4. The molecule has 2 amide bonds. The fraction of sp³-hybridized carbons (Fsp3) is 0.462. The van der Waals surface area contributed by atoms with Crippen molar-refractivity contribution in [3.8, 4) is 11.5 Å². The highest BCUT2D eigenvalue weighted by Gasteiger charge is 2.33. The molecule has 0 saturated heterocycles. The molecule has 0 heterocycles. The van der Waals surface area contributed by atoms with Gasteiger partial charge in [-0.1, -0.05) is 50.6 Å². The summed E-state index contributed by atoms with van der Waals surface area (Å²) < 4.78 is 37.2. The average molecular weight is 554 g/mol. The predicted molar refractivity (Wildman–Crippen MR) is 146 cm³/mol.